The summed E-state index contributed by atoms with van der Waals surface area (Å²) in [5, 5.41) is 0.102. The second-order valence-corrected chi connectivity index (χ2v) is 19.7. The van der Waals surface area contributed by atoms with Gasteiger partial charge in [-0.15, -0.1) is 0 Å². The summed E-state index contributed by atoms with van der Waals surface area (Å²) in [4.78, 5) is 12.5. The second-order valence-electron chi connectivity index (χ2n) is 10.3. The maximum atomic E-state index is 12.5. The van der Waals surface area contributed by atoms with Gasteiger partial charge in [0.05, 0.1) is 13.5 Å². The van der Waals surface area contributed by atoms with Gasteiger partial charge in [-0.3, -0.25) is 4.79 Å². The third-order valence-electron chi connectivity index (χ3n) is 5.92. The molecule has 0 unspecified atom stereocenters. The lowest BCUT2D eigenvalue weighted by molar-refractivity contribution is -0.134. The van der Waals surface area contributed by atoms with Crippen molar-refractivity contribution in [3.63, 3.8) is 0 Å². The minimum absolute atomic E-state index is 0.00120. The highest BCUT2D eigenvalue weighted by Gasteiger charge is 2.41. The van der Waals surface area contributed by atoms with Gasteiger partial charge in [-0.05, 0) is 54.0 Å². The number of rotatable bonds is 6. The molecular weight excluding hydrogens is 372 g/mol. The van der Waals surface area contributed by atoms with Crippen LogP contribution in [0.3, 0.4) is 0 Å². The molecule has 154 valence electrons. The van der Waals surface area contributed by atoms with E-state index in [1.165, 1.54) is 0 Å². The summed E-state index contributed by atoms with van der Waals surface area (Å²) >= 11 is 0. The Morgan fingerprint density at radius 1 is 0.889 bits per heavy atom. The number of hydrogen-bond acceptors (Lipinski definition) is 4. The first-order chi connectivity index (χ1) is 12.0. The average Bonchev–Trinajstić information content (AvgIpc) is 2.45. The Labute approximate surface area is 167 Å². The van der Waals surface area contributed by atoms with Gasteiger partial charge in [-0.25, -0.2) is 0 Å². The minimum Gasteiger partial charge on any atom is -0.541 e. The predicted molar refractivity (Wildman–Crippen MR) is 118 cm³/mol. The van der Waals surface area contributed by atoms with Crippen molar-refractivity contribution >= 4 is 22.6 Å². The molecule has 0 radical (unpaired) electrons. The third kappa shape index (κ3) is 6.11. The van der Waals surface area contributed by atoms with E-state index in [4.69, 9.17) is 13.6 Å². The molecule has 0 atom stereocenters. The van der Waals surface area contributed by atoms with Crippen LogP contribution in [0.5, 0.6) is 11.5 Å². The van der Waals surface area contributed by atoms with E-state index in [0.29, 0.717) is 5.75 Å². The van der Waals surface area contributed by atoms with Gasteiger partial charge in [0.2, 0.25) is 0 Å². The zero-order valence-corrected chi connectivity index (χ0v) is 21.1. The monoisotopic (exact) mass is 410 g/mol. The van der Waals surface area contributed by atoms with Crippen molar-refractivity contribution in [2.24, 2.45) is 0 Å². The smallest absolute Gasteiger partial charge is 0.296 e. The molecule has 4 nitrogen and oxygen atoms in total. The van der Waals surface area contributed by atoms with E-state index in [1.54, 1.807) is 7.11 Å². The lowest BCUT2D eigenvalue weighted by Gasteiger charge is -2.36. The number of carbonyl (C=O) groups excluding carboxylic acids is 1. The second kappa shape index (κ2) is 7.99. The highest BCUT2D eigenvalue weighted by Crippen LogP contribution is 2.40. The molecule has 1 aromatic rings. The van der Waals surface area contributed by atoms with E-state index in [1.807, 2.05) is 18.2 Å². The highest BCUT2D eigenvalue weighted by atomic mass is 28.4. The Kier molecular flexibility index (Phi) is 7.03. The van der Waals surface area contributed by atoms with Gasteiger partial charge in [-0.2, -0.15) is 0 Å². The third-order valence-corrected chi connectivity index (χ3v) is 14.6. The van der Waals surface area contributed by atoms with Crippen LogP contribution < -0.4 is 9.16 Å². The van der Waals surface area contributed by atoms with Gasteiger partial charge < -0.3 is 13.6 Å². The lowest BCUT2D eigenvalue weighted by atomic mass is 10.1. The lowest BCUT2D eigenvalue weighted by Crippen LogP contribution is -2.44. The Morgan fingerprint density at radius 2 is 1.41 bits per heavy atom. The van der Waals surface area contributed by atoms with E-state index in [-0.39, 0.29) is 22.5 Å². The van der Waals surface area contributed by atoms with Gasteiger partial charge in [-0.1, -0.05) is 47.6 Å². The van der Waals surface area contributed by atoms with Crippen LogP contribution in [-0.2, 0) is 15.6 Å². The van der Waals surface area contributed by atoms with Crippen molar-refractivity contribution < 1.29 is 18.4 Å². The van der Waals surface area contributed by atoms with Crippen LogP contribution in [0.4, 0.5) is 0 Å². The minimum atomic E-state index is -2.11. The number of carbonyl (C=O) groups is 1. The summed E-state index contributed by atoms with van der Waals surface area (Å²) in [6.07, 6.45) is 0.239. The van der Waals surface area contributed by atoms with Crippen LogP contribution in [0.2, 0.25) is 36.3 Å². The molecule has 0 fully saturated rings. The average molecular weight is 411 g/mol. The predicted octanol–water partition coefficient (Wildman–Crippen LogP) is 6.17. The Hall–Kier alpha value is -1.28. The first kappa shape index (κ1) is 23.8. The van der Waals surface area contributed by atoms with Crippen molar-refractivity contribution in [3.8, 4) is 11.5 Å². The molecule has 1 aromatic carbocycles. The zero-order chi connectivity index (χ0) is 21.3. The van der Waals surface area contributed by atoms with E-state index in [9.17, 15) is 4.79 Å². The topological polar surface area (TPSA) is 44.8 Å². The van der Waals surface area contributed by atoms with E-state index < -0.39 is 16.6 Å². The number of methoxy groups -OCH3 is 1. The van der Waals surface area contributed by atoms with E-state index in [2.05, 4.69) is 67.7 Å². The SMILES string of the molecule is COc1cc(CC(=O)O[Si](C)(C)C(C)(C)C)ccc1O[Si](C)(C)C(C)(C)C. The fraction of sp³-hybridized carbons (Fsp3) is 0.667. The number of ether oxygens (including phenoxy) is 1. The molecule has 0 aliphatic carbocycles. The van der Waals surface area contributed by atoms with Crippen molar-refractivity contribution in [1.29, 1.82) is 0 Å². The van der Waals surface area contributed by atoms with Crippen molar-refractivity contribution in [3.05, 3.63) is 23.8 Å². The molecule has 6 heteroatoms. The molecule has 0 amide bonds. The molecule has 27 heavy (non-hydrogen) atoms. The van der Waals surface area contributed by atoms with Crippen LogP contribution in [0.1, 0.15) is 47.1 Å². The molecule has 0 aliphatic rings. The van der Waals surface area contributed by atoms with E-state index >= 15 is 0 Å². The summed E-state index contributed by atoms with van der Waals surface area (Å²) in [6.45, 7) is 21.6. The van der Waals surface area contributed by atoms with Gasteiger partial charge in [0.25, 0.3) is 22.6 Å². The molecule has 1 rings (SSSR count). The van der Waals surface area contributed by atoms with Crippen LogP contribution in [0, 0.1) is 0 Å². The van der Waals surface area contributed by atoms with Gasteiger partial charge >= 0.3 is 0 Å². The Bertz CT molecular complexity index is 668. The summed E-state index contributed by atoms with van der Waals surface area (Å²) in [5.41, 5.74) is 0.873. The largest absolute Gasteiger partial charge is 0.541 e. The van der Waals surface area contributed by atoms with Crippen LogP contribution in [-0.4, -0.2) is 29.7 Å². The summed E-state index contributed by atoms with van der Waals surface area (Å²) < 4.78 is 17.8. The summed E-state index contributed by atoms with van der Waals surface area (Å²) in [7, 11) is -2.44. The normalized spacial score (nSPS) is 13.3. The van der Waals surface area contributed by atoms with Gasteiger partial charge in [0, 0.05) is 0 Å². The molecule has 0 aromatic heterocycles. The maximum absolute atomic E-state index is 12.5. The summed E-state index contributed by atoms with van der Waals surface area (Å²) in [5.74, 6) is 1.23. The quantitative estimate of drug-likeness (QED) is 0.526. The van der Waals surface area contributed by atoms with E-state index in [0.717, 1.165) is 11.3 Å². The standard InChI is InChI=1S/C21H38O4Si2/c1-20(2,3)26(8,9)24-17-13-12-16(14-18(17)23-7)15-19(22)25-27(10,11)21(4,5)6/h12-14H,15H2,1-11H3. The fourth-order valence-corrected chi connectivity index (χ4v) is 3.95. The molecule has 0 bridgehead atoms. The van der Waals surface area contributed by atoms with Gasteiger partial charge in [0.15, 0.2) is 5.75 Å². The molecule has 0 aliphatic heterocycles. The van der Waals surface area contributed by atoms with Crippen molar-refractivity contribution in [1.82, 2.24) is 0 Å². The zero-order valence-electron chi connectivity index (χ0n) is 19.1. The van der Waals surface area contributed by atoms with Gasteiger partial charge in [0.1, 0.15) is 5.75 Å². The van der Waals surface area contributed by atoms with Crippen molar-refractivity contribution in [2.75, 3.05) is 7.11 Å². The molecule has 0 N–H and O–H groups in total. The fourth-order valence-electron chi connectivity index (χ4n) is 1.97. The Balaban J connectivity index is 2.96. The Morgan fingerprint density at radius 3 is 1.85 bits per heavy atom. The van der Waals surface area contributed by atoms with Crippen molar-refractivity contribution in [2.45, 2.75) is 84.2 Å². The van der Waals surface area contributed by atoms with Crippen LogP contribution in [0.15, 0.2) is 18.2 Å². The van der Waals surface area contributed by atoms with Crippen LogP contribution >= 0.6 is 0 Å². The molecule has 0 saturated carbocycles. The molecule has 0 heterocycles. The number of benzene rings is 1. The molecular formula is C21H38O4Si2. The number of hydrogen-bond donors (Lipinski definition) is 0. The summed E-state index contributed by atoms with van der Waals surface area (Å²) in [6, 6.07) is 5.72. The maximum Gasteiger partial charge on any atom is 0.296 e. The van der Waals surface area contributed by atoms with Crippen LogP contribution in [0.25, 0.3) is 0 Å². The molecule has 0 saturated heterocycles. The first-order valence-electron chi connectivity index (χ1n) is 9.58. The highest BCUT2D eigenvalue weighted by molar-refractivity contribution is 6.75. The molecule has 0 spiro atoms. The first-order valence-corrected chi connectivity index (χ1v) is 15.4.